The number of morpholine rings is 1. The summed E-state index contributed by atoms with van der Waals surface area (Å²) in [7, 11) is 1.63. The summed E-state index contributed by atoms with van der Waals surface area (Å²) >= 11 is 0. The van der Waals surface area contributed by atoms with Crippen LogP contribution in [0.25, 0.3) is 11.0 Å². The van der Waals surface area contributed by atoms with Gasteiger partial charge in [0.2, 0.25) is 0 Å². The first-order chi connectivity index (χ1) is 18.2. The third-order valence-corrected chi connectivity index (χ3v) is 6.50. The minimum atomic E-state index is 0.403. The molecule has 8 nitrogen and oxygen atoms in total. The number of aromatic nitrogens is 3. The van der Waals surface area contributed by atoms with Crippen LogP contribution in [0.15, 0.2) is 54.9 Å². The number of methoxy groups -OCH3 is 1. The van der Waals surface area contributed by atoms with Crippen molar-refractivity contribution in [2.45, 2.75) is 26.4 Å². The molecule has 4 aromatic rings. The highest BCUT2D eigenvalue weighted by atomic mass is 16.5. The van der Waals surface area contributed by atoms with Crippen molar-refractivity contribution in [1.29, 1.82) is 5.26 Å². The Morgan fingerprint density at radius 1 is 1.00 bits per heavy atom. The van der Waals surface area contributed by atoms with Crippen LogP contribution in [0.5, 0.6) is 11.5 Å². The lowest BCUT2D eigenvalue weighted by Crippen LogP contribution is -2.36. The molecule has 1 fully saturated rings. The van der Waals surface area contributed by atoms with E-state index in [-0.39, 0.29) is 0 Å². The molecule has 5 rings (SSSR count). The summed E-state index contributed by atoms with van der Waals surface area (Å²) in [5.74, 6) is 2.07. The fourth-order valence-corrected chi connectivity index (χ4v) is 4.40. The van der Waals surface area contributed by atoms with Crippen LogP contribution in [0.1, 0.15) is 34.9 Å². The first-order valence-corrected chi connectivity index (χ1v) is 12.4. The van der Waals surface area contributed by atoms with Crippen molar-refractivity contribution in [3.8, 4) is 17.6 Å². The van der Waals surface area contributed by atoms with Crippen molar-refractivity contribution in [2.24, 2.45) is 0 Å². The second-order valence-electron chi connectivity index (χ2n) is 8.87. The number of anilines is 1. The van der Waals surface area contributed by atoms with E-state index in [1.54, 1.807) is 13.3 Å². The van der Waals surface area contributed by atoms with Gasteiger partial charge in [0, 0.05) is 30.5 Å². The lowest BCUT2D eigenvalue weighted by molar-refractivity contribution is 0.122. The van der Waals surface area contributed by atoms with E-state index in [9.17, 15) is 5.26 Å². The number of aryl methyl sites for hydroxylation is 1. The van der Waals surface area contributed by atoms with E-state index in [4.69, 9.17) is 19.2 Å². The average molecular weight is 496 g/mol. The zero-order chi connectivity index (χ0) is 25.6. The summed E-state index contributed by atoms with van der Waals surface area (Å²) in [5, 5.41) is 10.1. The molecule has 0 radical (unpaired) electrons. The van der Waals surface area contributed by atoms with Crippen LogP contribution in [0, 0.1) is 11.3 Å². The quantitative estimate of drug-likeness (QED) is 0.353. The van der Waals surface area contributed by atoms with Gasteiger partial charge in [0.15, 0.2) is 11.5 Å². The van der Waals surface area contributed by atoms with Crippen LogP contribution < -0.4 is 14.4 Å². The van der Waals surface area contributed by atoms with Crippen molar-refractivity contribution >= 4 is 16.9 Å². The van der Waals surface area contributed by atoms with Gasteiger partial charge in [-0.1, -0.05) is 25.1 Å². The van der Waals surface area contributed by atoms with Gasteiger partial charge >= 0.3 is 0 Å². The highest BCUT2D eigenvalue weighted by molar-refractivity contribution is 5.83. The van der Waals surface area contributed by atoms with Crippen molar-refractivity contribution in [3.05, 3.63) is 82.8 Å². The Labute approximate surface area is 216 Å². The van der Waals surface area contributed by atoms with E-state index in [1.165, 1.54) is 0 Å². The zero-order valence-corrected chi connectivity index (χ0v) is 21.1. The molecule has 37 heavy (non-hydrogen) atoms. The van der Waals surface area contributed by atoms with Gasteiger partial charge in [0.05, 0.1) is 37.6 Å². The molecule has 0 amide bonds. The number of benzene rings is 2. The number of fused-ring (bicyclic) bond motifs is 1. The summed E-state index contributed by atoms with van der Waals surface area (Å²) in [6, 6.07) is 16.2. The molecular weight excluding hydrogens is 466 g/mol. The van der Waals surface area contributed by atoms with Crippen molar-refractivity contribution in [3.63, 3.8) is 0 Å². The van der Waals surface area contributed by atoms with Gasteiger partial charge in [0.1, 0.15) is 24.0 Å². The molecule has 0 spiro atoms. The molecule has 8 heteroatoms. The Morgan fingerprint density at radius 3 is 2.57 bits per heavy atom. The summed E-state index contributed by atoms with van der Waals surface area (Å²) in [6.45, 7) is 5.33. The second kappa shape index (κ2) is 11.2. The van der Waals surface area contributed by atoms with Crippen molar-refractivity contribution < 1.29 is 14.2 Å². The summed E-state index contributed by atoms with van der Waals surface area (Å²) < 4.78 is 17.1. The predicted molar refractivity (Wildman–Crippen MR) is 141 cm³/mol. The normalized spacial score (nSPS) is 13.4. The first kappa shape index (κ1) is 24.5. The van der Waals surface area contributed by atoms with E-state index in [1.807, 2.05) is 48.7 Å². The molecule has 0 saturated carbocycles. The molecular formula is C29H29N5O3. The fourth-order valence-electron chi connectivity index (χ4n) is 4.40. The molecule has 0 atom stereocenters. The third-order valence-electron chi connectivity index (χ3n) is 6.50. The maximum atomic E-state index is 10.1. The minimum absolute atomic E-state index is 0.403. The van der Waals surface area contributed by atoms with Crippen LogP contribution in [-0.2, 0) is 24.2 Å². The van der Waals surface area contributed by atoms with Crippen molar-refractivity contribution in [1.82, 2.24) is 15.0 Å². The Kier molecular flexibility index (Phi) is 7.43. The fraction of sp³-hybridized carbons (Fsp3) is 0.310. The second-order valence-corrected chi connectivity index (χ2v) is 8.87. The van der Waals surface area contributed by atoms with Gasteiger partial charge in [-0.2, -0.15) is 5.26 Å². The third kappa shape index (κ3) is 5.47. The standard InChI is InChI=1S/C29H29N5O3/c1-3-23-7-4-21(17-31-23)19-37-26-9-5-20(15-27(26)35-2)14-22-6-8-25-29(24(22)16-30)33-28(18-32-25)34-10-12-36-13-11-34/h4-9,15,17-18H,3,10-14,19H2,1-2H3. The van der Waals surface area contributed by atoms with Crippen LogP contribution >= 0.6 is 0 Å². The van der Waals surface area contributed by atoms with Gasteiger partial charge < -0.3 is 19.1 Å². The molecule has 1 aliphatic heterocycles. The molecule has 0 N–H and O–H groups in total. The lowest BCUT2D eigenvalue weighted by Gasteiger charge is -2.27. The average Bonchev–Trinajstić information content (AvgIpc) is 2.96. The molecule has 2 aromatic carbocycles. The van der Waals surface area contributed by atoms with Crippen LogP contribution in [0.2, 0.25) is 0 Å². The summed E-state index contributed by atoms with van der Waals surface area (Å²) in [5.41, 5.74) is 5.82. The van der Waals surface area contributed by atoms with Crippen LogP contribution in [0.3, 0.4) is 0 Å². The number of rotatable bonds is 8. The van der Waals surface area contributed by atoms with E-state index in [0.717, 1.165) is 47.7 Å². The smallest absolute Gasteiger partial charge is 0.161 e. The maximum absolute atomic E-state index is 10.1. The molecule has 0 unspecified atom stereocenters. The Bertz CT molecular complexity index is 1430. The highest BCUT2D eigenvalue weighted by Gasteiger charge is 2.17. The summed E-state index contributed by atoms with van der Waals surface area (Å²) in [4.78, 5) is 16.0. The van der Waals surface area contributed by atoms with Gasteiger partial charge in [-0.15, -0.1) is 0 Å². The molecule has 0 bridgehead atoms. The SMILES string of the molecule is CCc1ccc(COc2ccc(Cc3ccc4ncc(N5CCOCC5)nc4c3C#N)cc2OC)cn1. The molecule has 0 aliphatic carbocycles. The van der Waals surface area contributed by atoms with Crippen LogP contribution in [0.4, 0.5) is 5.82 Å². The summed E-state index contributed by atoms with van der Waals surface area (Å²) in [6.07, 6.45) is 5.08. The van der Waals surface area contributed by atoms with E-state index in [0.29, 0.717) is 54.3 Å². The number of nitriles is 1. The zero-order valence-electron chi connectivity index (χ0n) is 21.1. The van der Waals surface area contributed by atoms with E-state index < -0.39 is 0 Å². The number of ether oxygens (including phenoxy) is 3. The maximum Gasteiger partial charge on any atom is 0.161 e. The van der Waals surface area contributed by atoms with Gasteiger partial charge in [-0.05, 0) is 48.2 Å². The van der Waals surface area contributed by atoms with Crippen molar-refractivity contribution in [2.75, 3.05) is 38.3 Å². The highest BCUT2D eigenvalue weighted by Crippen LogP contribution is 2.31. The monoisotopic (exact) mass is 495 g/mol. The molecule has 188 valence electrons. The lowest BCUT2D eigenvalue weighted by atomic mass is 9.98. The van der Waals surface area contributed by atoms with Gasteiger partial charge in [0.25, 0.3) is 0 Å². The largest absolute Gasteiger partial charge is 0.493 e. The van der Waals surface area contributed by atoms with E-state index >= 15 is 0 Å². The Hall–Kier alpha value is -4.22. The predicted octanol–water partition coefficient (Wildman–Crippen LogP) is 4.47. The number of pyridine rings is 1. The number of hydrogen-bond acceptors (Lipinski definition) is 8. The van der Waals surface area contributed by atoms with Gasteiger partial charge in [-0.3, -0.25) is 9.97 Å². The topological polar surface area (TPSA) is 93.4 Å². The van der Waals surface area contributed by atoms with Gasteiger partial charge in [-0.25, -0.2) is 4.98 Å². The molecule has 2 aromatic heterocycles. The molecule has 1 aliphatic rings. The number of nitrogens with zero attached hydrogens (tertiary/aromatic N) is 5. The molecule has 1 saturated heterocycles. The first-order valence-electron chi connectivity index (χ1n) is 12.4. The Balaban J connectivity index is 1.37. The number of hydrogen-bond donors (Lipinski definition) is 0. The molecule has 3 heterocycles. The Morgan fingerprint density at radius 2 is 1.84 bits per heavy atom. The minimum Gasteiger partial charge on any atom is -0.493 e. The van der Waals surface area contributed by atoms with Crippen LogP contribution in [-0.4, -0.2) is 48.4 Å². The van der Waals surface area contributed by atoms with E-state index in [2.05, 4.69) is 27.9 Å².